The van der Waals surface area contributed by atoms with Gasteiger partial charge in [0.25, 0.3) is 0 Å². The molecule has 0 aliphatic carbocycles. The van der Waals surface area contributed by atoms with Crippen LogP contribution in [0.1, 0.15) is 27.7 Å². The summed E-state index contributed by atoms with van der Waals surface area (Å²) >= 11 is 0. The lowest BCUT2D eigenvalue weighted by molar-refractivity contribution is -0.135. The summed E-state index contributed by atoms with van der Waals surface area (Å²) in [6.07, 6.45) is 0. The topological polar surface area (TPSA) is 70.7 Å². The van der Waals surface area contributed by atoms with E-state index in [2.05, 4.69) is 29.4 Å². The van der Waals surface area contributed by atoms with E-state index in [0.29, 0.717) is 17.1 Å². The van der Waals surface area contributed by atoms with Crippen molar-refractivity contribution in [1.29, 1.82) is 0 Å². The first-order valence-electron chi connectivity index (χ1n) is 9.43. The fourth-order valence-electron chi connectivity index (χ4n) is 2.72. The zero-order valence-corrected chi connectivity index (χ0v) is 17.2. The fourth-order valence-corrected chi connectivity index (χ4v) is 2.72. The molecule has 2 aromatic rings. The lowest BCUT2D eigenvalue weighted by Crippen LogP contribution is -2.41. The number of anilines is 3. The molecule has 0 saturated heterocycles. The predicted octanol–water partition coefficient (Wildman–Crippen LogP) is 4.14. The highest BCUT2D eigenvalue weighted by molar-refractivity contribution is 6.14. The third-order valence-corrected chi connectivity index (χ3v) is 4.72. The Kier molecular flexibility index (Phi) is 7.04. The predicted molar refractivity (Wildman–Crippen MR) is 114 cm³/mol. The first-order valence-corrected chi connectivity index (χ1v) is 9.43. The first-order chi connectivity index (χ1) is 13.3. The van der Waals surface area contributed by atoms with E-state index in [-0.39, 0.29) is 5.91 Å². The van der Waals surface area contributed by atoms with Crippen LogP contribution in [0.15, 0.2) is 48.5 Å². The number of nitrogens with zero attached hydrogens (tertiary/aromatic N) is 1. The van der Waals surface area contributed by atoms with Gasteiger partial charge in [0.2, 0.25) is 11.8 Å². The molecule has 0 unspecified atom stereocenters. The second-order valence-corrected chi connectivity index (χ2v) is 6.98. The summed E-state index contributed by atoms with van der Waals surface area (Å²) in [4.78, 5) is 27.6. The van der Waals surface area contributed by atoms with Crippen LogP contribution >= 0.6 is 0 Å². The third-order valence-electron chi connectivity index (χ3n) is 4.72. The van der Waals surface area contributed by atoms with Crippen LogP contribution in [-0.4, -0.2) is 32.0 Å². The molecule has 0 aliphatic heterocycles. The molecule has 0 bridgehead atoms. The van der Waals surface area contributed by atoms with Crippen molar-refractivity contribution >= 4 is 28.9 Å². The Hall–Kier alpha value is -3.02. The molecule has 150 valence electrons. The number of carbonyl (C=O) groups is 2. The van der Waals surface area contributed by atoms with Crippen LogP contribution < -0.4 is 20.3 Å². The number of benzene rings is 2. The van der Waals surface area contributed by atoms with E-state index in [4.69, 9.17) is 4.74 Å². The van der Waals surface area contributed by atoms with Crippen molar-refractivity contribution in [3.8, 4) is 5.75 Å². The summed E-state index contributed by atoms with van der Waals surface area (Å²) < 4.78 is 5.16. The molecule has 0 saturated carbocycles. The van der Waals surface area contributed by atoms with Gasteiger partial charge in [0, 0.05) is 36.2 Å². The molecule has 0 atom stereocenters. The van der Waals surface area contributed by atoms with Crippen LogP contribution in [0.4, 0.5) is 17.1 Å². The van der Waals surface area contributed by atoms with E-state index in [0.717, 1.165) is 18.8 Å². The molecule has 0 radical (unpaired) electrons. The largest absolute Gasteiger partial charge is 0.497 e. The Balaban J connectivity index is 2.05. The zero-order valence-electron chi connectivity index (χ0n) is 17.2. The minimum atomic E-state index is -1.25. The maximum absolute atomic E-state index is 12.7. The Morgan fingerprint density at radius 1 is 0.929 bits per heavy atom. The van der Waals surface area contributed by atoms with Gasteiger partial charge in [-0.05, 0) is 64.1 Å². The summed E-state index contributed by atoms with van der Waals surface area (Å²) in [6, 6.07) is 14.6. The molecule has 6 heteroatoms. The second kappa shape index (κ2) is 9.26. The highest BCUT2D eigenvalue weighted by Gasteiger charge is 2.36. The Labute approximate surface area is 166 Å². The van der Waals surface area contributed by atoms with E-state index >= 15 is 0 Å². The molecule has 2 amide bonds. The van der Waals surface area contributed by atoms with E-state index in [9.17, 15) is 9.59 Å². The van der Waals surface area contributed by atoms with Gasteiger partial charge in [-0.25, -0.2) is 0 Å². The van der Waals surface area contributed by atoms with Gasteiger partial charge in [0.1, 0.15) is 11.2 Å². The maximum atomic E-state index is 12.7. The number of amides is 2. The summed E-state index contributed by atoms with van der Waals surface area (Å²) in [7, 11) is 1.56. The van der Waals surface area contributed by atoms with Crippen molar-refractivity contribution < 1.29 is 14.3 Å². The zero-order chi connectivity index (χ0) is 20.7. The van der Waals surface area contributed by atoms with Gasteiger partial charge < -0.3 is 20.3 Å². The average molecular weight is 383 g/mol. The molecule has 0 aromatic heterocycles. The van der Waals surface area contributed by atoms with Crippen LogP contribution in [0, 0.1) is 5.41 Å². The molecule has 2 aromatic carbocycles. The summed E-state index contributed by atoms with van der Waals surface area (Å²) in [5.41, 5.74) is 1.08. The van der Waals surface area contributed by atoms with E-state index in [1.54, 1.807) is 45.2 Å². The van der Waals surface area contributed by atoms with Gasteiger partial charge in [-0.15, -0.1) is 0 Å². The lowest BCUT2D eigenvalue weighted by atomic mass is 9.90. The van der Waals surface area contributed by atoms with Crippen LogP contribution in [0.5, 0.6) is 5.75 Å². The van der Waals surface area contributed by atoms with Crippen molar-refractivity contribution in [2.24, 2.45) is 5.41 Å². The Bertz CT molecular complexity index is 812. The van der Waals surface area contributed by atoms with Crippen LogP contribution in [0.3, 0.4) is 0 Å². The van der Waals surface area contributed by atoms with Gasteiger partial charge in [0.05, 0.1) is 7.11 Å². The number of hydrogen-bond donors (Lipinski definition) is 2. The van der Waals surface area contributed by atoms with Crippen molar-refractivity contribution in [3.63, 3.8) is 0 Å². The quantitative estimate of drug-likeness (QED) is 0.672. The van der Waals surface area contributed by atoms with Crippen LogP contribution in [0.25, 0.3) is 0 Å². The average Bonchev–Trinajstić information content (AvgIpc) is 2.70. The highest BCUT2D eigenvalue weighted by Crippen LogP contribution is 2.24. The van der Waals surface area contributed by atoms with E-state index in [1.807, 2.05) is 24.3 Å². The lowest BCUT2D eigenvalue weighted by Gasteiger charge is -2.24. The first kappa shape index (κ1) is 21.3. The SMILES string of the molecule is CCN(CC)c1ccc(NC(=O)C(C)(C)C(=O)Nc2cccc(OC)c2)cc1. The number of rotatable bonds is 8. The molecule has 0 fully saturated rings. The number of carbonyl (C=O) groups excluding carboxylic acids is 2. The van der Waals surface area contributed by atoms with Crippen molar-refractivity contribution in [3.05, 3.63) is 48.5 Å². The highest BCUT2D eigenvalue weighted by atomic mass is 16.5. The van der Waals surface area contributed by atoms with Crippen molar-refractivity contribution in [2.75, 3.05) is 35.7 Å². The minimum absolute atomic E-state index is 0.372. The second-order valence-electron chi connectivity index (χ2n) is 6.98. The molecule has 28 heavy (non-hydrogen) atoms. The molecule has 0 spiro atoms. The normalized spacial score (nSPS) is 10.9. The Morgan fingerprint density at radius 2 is 1.50 bits per heavy atom. The molecular formula is C22H29N3O3. The number of ether oxygens (including phenoxy) is 1. The third kappa shape index (κ3) is 5.03. The fraction of sp³-hybridized carbons (Fsp3) is 0.364. The minimum Gasteiger partial charge on any atom is -0.497 e. The number of nitrogens with one attached hydrogen (secondary N) is 2. The van der Waals surface area contributed by atoms with Gasteiger partial charge in [-0.1, -0.05) is 6.07 Å². The number of hydrogen-bond acceptors (Lipinski definition) is 4. The molecule has 0 heterocycles. The van der Waals surface area contributed by atoms with Gasteiger partial charge in [-0.2, -0.15) is 0 Å². The van der Waals surface area contributed by atoms with Crippen molar-refractivity contribution in [2.45, 2.75) is 27.7 Å². The number of methoxy groups -OCH3 is 1. The summed E-state index contributed by atoms with van der Waals surface area (Å²) in [6.45, 7) is 9.23. The smallest absolute Gasteiger partial charge is 0.239 e. The maximum Gasteiger partial charge on any atom is 0.239 e. The molecule has 2 N–H and O–H groups in total. The summed E-state index contributed by atoms with van der Waals surface area (Å²) in [5.74, 6) is -0.130. The van der Waals surface area contributed by atoms with Crippen LogP contribution in [0.2, 0.25) is 0 Å². The molecule has 0 aliphatic rings. The molecular weight excluding hydrogens is 354 g/mol. The molecule has 2 rings (SSSR count). The van der Waals surface area contributed by atoms with Gasteiger partial charge in [-0.3, -0.25) is 9.59 Å². The van der Waals surface area contributed by atoms with Crippen molar-refractivity contribution in [1.82, 2.24) is 0 Å². The van der Waals surface area contributed by atoms with E-state index in [1.165, 1.54) is 0 Å². The van der Waals surface area contributed by atoms with Gasteiger partial charge >= 0.3 is 0 Å². The van der Waals surface area contributed by atoms with Crippen LogP contribution in [-0.2, 0) is 9.59 Å². The molecule has 6 nitrogen and oxygen atoms in total. The standard InChI is InChI=1S/C22H29N3O3/c1-6-25(7-2)18-13-11-16(12-14-18)23-20(26)22(3,4)21(27)24-17-9-8-10-19(15-17)28-5/h8-15H,6-7H2,1-5H3,(H,23,26)(H,24,27). The summed E-state index contributed by atoms with van der Waals surface area (Å²) in [5, 5.41) is 5.61. The van der Waals surface area contributed by atoms with E-state index < -0.39 is 11.3 Å². The Morgan fingerprint density at radius 3 is 2.04 bits per heavy atom. The monoisotopic (exact) mass is 383 g/mol. The van der Waals surface area contributed by atoms with Gasteiger partial charge in [0.15, 0.2) is 0 Å².